The van der Waals surface area contributed by atoms with E-state index in [4.69, 9.17) is 4.74 Å². The second-order valence-corrected chi connectivity index (χ2v) is 5.78. The molecule has 0 radical (unpaired) electrons. The number of nitrogens with zero attached hydrogens (tertiary/aromatic N) is 1. The van der Waals surface area contributed by atoms with Crippen molar-refractivity contribution in [2.75, 3.05) is 18.9 Å². The lowest BCUT2D eigenvalue weighted by atomic mass is 10.1. The molecular formula is C17H18N2OS. The predicted molar refractivity (Wildman–Crippen MR) is 89.0 cm³/mol. The summed E-state index contributed by atoms with van der Waals surface area (Å²) in [6.07, 6.45) is 0. The summed E-state index contributed by atoms with van der Waals surface area (Å²) >= 11 is 1.77. The van der Waals surface area contributed by atoms with E-state index in [1.165, 1.54) is 5.56 Å². The van der Waals surface area contributed by atoms with Crippen LogP contribution in [0.5, 0.6) is 5.75 Å². The van der Waals surface area contributed by atoms with Crippen molar-refractivity contribution in [2.24, 2.45) is 4.99 Å². The number of para-hydroxylation sites is 1. The van der Waals surface area contributed by atoms with Crippen molar-refractivity contribution in [1.29, 1.82) is 0 Å². The molecule has 1 atom stereocenters. The van der Waals surface area contributed by atoms with Crippen LogP contribution >= 0.6 is 11.8 Å². The molecule has 4 heteroatoms. The number of amidine groups is 1. The van der Waals surface area contributed by atoms with E-state index >= 15 is 0 Å². The van der Waals surface area contributed by atoms with Crippen LogP contribution in [-0.4, -0.2) is 24.1 Å². The van der Waals surface area contributed by atoms with E-state index in [9.17, 15) is 0 Å². The van der Waals surface area contributed by atoms with E-state index in [1.54, 1.807) is 11.8 Å². The third-order valence-electron chi connectivity index (χ3n) is 3.24. The number of ether oxygens (including phenoxy) is 1. The van der Waals surface area contributed by atoms with E-state index in [0.717, 1.165) is 16.7 Å². The molecule has 2 aromatic rings. The molecule has 108 valence electrons. The van der Waals surface area contributed by atoms with E-state index in [-0.39, 0.29) is 0 Å². The summed E-state index contributed by atoms with van der Waals surface area (Å²) in [5.41, 5.74) is 1.32. The van der Waals surface area contributed by atoms with Gasteiger partial charge in [-0.2, -0.15) is 0 Å². The minimum absolute atomic E-state index is 0.366. The first-order chi connectivity index (χ1) is 10.4. The van der Waals surface area contributed by atoms with Crippen LogP contribution in [0, 0.1) is 0 Å². The summed E-state index contributed by atoms with van der Waals surface area (Å²) in [6, 6.07) is 20.7. The van der Waals surface area contributed by atoms with Crippen LogP contribution in [0.3, 0.4) is 0 Å². The Balaban J connectivity index is 1.46. The highest BCUT2D eigenvalue weighted by atomic mass is 32.2. The molecule has 1 unspecified atom stereocenters. The fraction of sp³-hybridized carbons (Fsp3) is 0.235. The van der Waals surface area contributed by atoms with Gasteiger partial charge in [0.05, 0.1) is 12.6 Å². The van der Waals surface area contributed by atoms with Crippen molar-refractivity contribution in [3.8, 4) is 5.75 Å². The van der Waals surface area contributed by atoms with E-state index in [0.29, 0.717) is 19.2 Å². The highest BCUT2D eigenvalue weighted by Crippen LogP contribution is 2.25. The lowest BCUT2D eigenvalue weighted by Gasteiger charge is -2.09. The average Bonchev–Trinajstić information content (AvgIpc) is 3.02. The van der Waals surface area contributed by atoms with Crippen molar-refractivity contribution in [1.82, 2.24) is 5.32 Å². The molecule has 1 heterocycles. The largest absolute Gasteiger partial charge is 0.492 e. The van der Waals surface area contributed by atoms with Gasteiger partial charge in [-0.15, -0.1) is 0 Å². The van der Waals surface area contributed by atoms with Gasteiger partial charge in [-0.1, -0.05) is 60.3 Å². The fourth-order valence-corrected chi connectivity index (χ4v) is 3.19. The lowest BCUT2D eigenvalue weighted by molar-refractivity contribution is 0.329. The third kappa shape index (κ3) is 4.02. The summed E-state index contributed by atoms with van der Waals surface area (Å²) < 4.78 is 5.63. The number of hydrogen-bond donors (Lipinski definition) is 1. The quantitative estimate of drug-likeness (QED) is 0.858. The molecule has 21 heavy (non-hydrogen) atoms. The van der Waals surface area contributed by atoms with Gasteiger partial charge >= 0.3 is 0 Å². The number of rotatable bonds is 5. The zero-order valence-electron chi connectivity index (χ0n) is 11.7. The zero-order valence-corrected chi connectivity index (χ0v) is 12.6. The number of hydrogen-bond acceptors (Lipinski definition) is 3. The number of nitrogens with one attached hydrogen (secondary N) is 1. The van der Waals surface area contributed by atoms with Crippen LogP contribution in [0.15, 0.2) is 65.7 Å². The Morgan fingerprint density at radius 3 is 2.52 bits per heavy atom. The van der Waals surface area contributed by atoms with Crippen LogP contribution in [-0.2, 0) is 0 Å². The number of thioether (sulfide) groups is 1. The van der Waals surface area contributed by atoms with Gasteiger partial charge in [-0.25, -0.2) is 0 Å². The molecule has 0 amide bonds. The maximum Gasteiger partial charge on any atom is 0.157 e. The number of benzene rings is 2. The van der Waals surface area contributed by atoms with Crippen LogP contribution < -0.4 is 10.1 Å². The summed E-state index contributed by atoms with van der Waals surface area (Å²) in [6.45, 7) is 1.28. The van der Waals surface area contributed by atoms with Gasteiger partial charge in [0, 0.05) is 5.75 Å². The summed E-state index contributed by atoms with van der Waals surface area (Å²) in [5, 5.41) is 4.48. The molecule has 1 saturated heterocycles. The maximum atomic E-state index is 5.63. The minimum atomic E-state index is 0.366. The smallest absolute Gasteiger partial charge is 0.157 e. The van der Waals surface area contributed by atoms with Crippen molar-refractivity contribution in [2.45, 2.75) is 6.04 Å². The Labute approximate surface area is 129 Å². The molecule has 0 saturated carbocycles. The van der Waals surface area contributed by atoms with E-state index in [2.05, 4.69) is 34.6 Å². The van der Waals surface area contributed by atoms with Crippen LogP contribution in [0.2, 0.25) is 0 Å². The first kappa shape index (κ1) is 14.0. The Morgan fingerprint density at radius 1 is 1.05 bits per heavy atom. The monoisotopic (exact) mass is 298 g/mol. The fourth-order valence-electron chi connectivity index (χ4n) is 2.18. The van der Waals surface area contributed by atoms with Gasteiger partial charge in [0.1, 0.15) is 12.4 Å². The topological polar surface area (TPSA) is 33.6 Å². The molecule has 0 bridgehead atoms. The second kappa shape index (κ2) is 7.18. The molecule has 1 aliphatic heterocycles. The van der Waals surface area contributed by atoms with Crippen molar-refractivity contribution in [3.63, 3.8) is 0 Å². The van der Waals surface area contributed by atoms with Crippen molar-refractivity contribution >= 4 is 16.9 Å². The summed E-state index contributed by atoms with van der Waals surface area (Å²) in [7, 11) is 0. The SMILES string of the molecule is c1ccc(OCCN=C2NC(c3ccccc3)CS2)cc1. The van der Waals surface area contributed by atoms with Crippen molar-refractivity contribution in [3.05, 3.63) is 66.2 Å². The molecular weight excluding hydrogens is 280 g/mol. The normalized spacial score (nSPS) is 19.4. The molecule has 0 spiro atoms. The van der Waals surface area contributed by atoms with Crippen LogP contribution in [0.25, 0.3) is 0 Å². The minimum Gasteiger partial charge on any atom is -0.492 e. The zero-order chi connectivity index (χ0) is 14.3. The Morgan fingerprint density at radius 2 is 1.76 bits per heavy atom. The summed E-state index contributed by atoms with van der Waals surface area (Å²) in [4.78, 5) is 4.56. The predicted octanol–water partition coefficient (Wildman–Crippen LogP) is 3.50. The molecule has 1 aliphatic rings. The van der Waals surface area contributed by atoms with Crippen LogP contribution in [0.4, 0.5) is 0 Å². The van der Waals surface area contributed by atoms with Crippen molar-refractivity contribution < 1.29 is 4.74 Å². The average molecular weight is 298 g/mol. The molecule has 3 nitrogen and oxygen atoms in total. The first-order valence-corrected chi connectivity index (χ1v) is 8.07. The number of aliphatic imine (C=N–C) groups is 1. The Hall–Kier alpha value is -1.94. The second-order valence-electron chi connectivity index (χ2n) is 4.77. The molecule has 3 rings (SSSR count). The standard InChI is InChI=1S/C17H18N2OS/c1-3-7-14(8-4-1)16-13-21-17(19-16)18-11-12-20-15-9-5-2-6-10-15/h1-10,16H,11-13H2,(H,18,19). The highest BCUT2D eigenvalue weighted by Gasteiger charge is 2.21. The van der Waals surface area contributed by atoms with E-state index in [1.807, 2.05) is 36.4 Å². The Bertz CT molecular complexity index is 586. The molecule has 1 fully saturated rings. The van der Waals surface area contributed by atoms with Gasteiger partial charge < -0.3 is 10.1 Å². The molecule has 1 N–H and O–H groups in total. The van der Waals surface area contributed by atoms with Crippen LogP contribution in [0.1, 0.15) is 11.6 Å². The first-order valence-electron chi connectivity index (χ1n) is 7.08. The Kier molecular flexibility index (Phi) is 4.79. The molecule has 0 aromatic heterocycles. The van der Waals surface area contributed by atoms with Gasteiger partial charge in [0.2, 0.25) is 0 Å². The molecule has 0 aliphatic carbocycles. The highest BCUT2D eigenvalue weighted by molar-refractivity contribution is 8.14. The van der Waals surface area contributed by atoms with Gasteiger partial charge in [-0.05, 0) is 17.7 Å². The lowest BCUT2D eigenvalue weighted by Crippen LogP contribution is -2.19. The van der Waals surface area contributed by atoms with Gasteiger partial charge in [0.25, 0.3) is 0 Å². The van der Waals surface area contributed by atoms with E-state index < -0.39 is 0 Å². The maximum absolute atomic E-state index is 5.63. The third-order valence-corrected chi connectivity index (χ3v) is 4.27. The van der Waals surface area contributed by atoms with Gasteiger partial charge in [0.15, 0.2) is 5.17 Å². The summed E-state index contributed by atoms with van der Waals surface area (Å²) in [5.74, 6) is 1.93. The molecule has 2 aromatic carbocycles. The van der Waals surface area contributed by atoms with Gasteiger partial charge in [-0.3, -0.25) is 4.99 Å².